The summed E-state index contributed by atoms with van der Waals surface area (Å²) in [6, 6.07) is 1.82. The number of aryl methyl sites for hydroxylation is 2. The standard InChI is InChI=1S/C13H11ClFNO/c1-6-9-3-2-7-4-8(5-14)11(15)12(10(7)9)16-13(6)17/h4H,2-3,5H2,1H3,(H,16,17). The third-order valence-electron chi connectivity index (χ3n) is 3.54. The third-order valence-corrected chi connectivity index (χ3v) is 3.83. The second-order valence-corrected chi connectivity index (χ2v) is 4.72. The molecule has 2 nitrogen and oxygen atoms in total. The summed E-state index contributed by atoms with van der Waals surface area (Å²) in [5.41, 5.74) is 3.35. The molecule has 88 valence electrons. The Labute approximate surface area is 102 Å². The van der Waals surface area contributed by atoms with E-state index in [0.717, 1.165) is 29.4 Å². The largest absolute Gasteiger partial charge is 0.319 e. The molecule has 1 aliphatic rings. The van der Waals surface area contributed by atoms with Crippen LogP contribution < -0.4 is 5.56 Å². The molecule has 0 atom stereocenters. The lowest BCUT2D eigenvalue weighted by molar-refractivity contribution is 0.625. The lowest BCUT2D eigenvalue weighted by Crippen LogP contribution is -2.12. The Hall–Kier alpha value is -1.35. The van der Waals surface area contributed by atoms with E-state index < -0.39 is 0 Å². The van der Waals surface area contributed by atoms with Gasteiger partial charge in [-0.2, -0.15) is 0 Å². The second kappa shape index (κ2) is 3.57. The zero-order valence-electron chi connectivity index (χ0n) is 9.36. The zero-order chi connectivity index (χ0) is 12.2. The highest BCUT2D eigenvalue weighted by molar-refractivity contribution is 6.17. The Kier molecular flexibility index (Phi) is 2.26. The van der Waals surface area contributed by atoms with E-state index in [0.29, 0.717) is 16.6 Å². The van der Waals surface area contributed by atoms with Gasteiger partial charge in [0.15, 0.2) is 5.82 Å². The number of alkyl halides is 1. The van der Waals surface area contributed by atoms with Crippen LogP contribution in [0.15, 0.2) is 10.9 Å². The minimum Gasteiger partial charge on any atom is -0.319 e. The second-order valence-electron chi connectivity index (χ2n) is 4.45. The highest BCUT2D eigenvalue weighted by atomic mass is 35.5. The van der Waals surface area contributed by atoms with Crippen LogP contribution in [0.2, 0.25) is 0 Å². The molecule has 0 amide bonds. The number of aromatic nitrogens is 1. The zero-order valence-corrected chi connectivity index (χ0v) is 10.1. The number of aromatic amines is 1. The molecule has 1 aromatic carbocycles. The van der Waals surface area contributed by atoms with E-state index in [2.05, 4.69) is 4.98 Å². The quantitative estimate of drug-likeness (QED) is 0.777. The molecular weight excluding hydrogens is 241 g/mol. The summed E-state index contributed by atoms with van der Waals surface area (Å²) in [4.78, 5) is 14.4. The molecule has 0 unspecified atom stereocenters. The van der Waals surface area contributed by atoms with Crippen molar-refractivity contribution in [3.63, 3.8) is 0 Å². The molecule has 1 N–H and O–H groups in total. The maximum Gasteiger partial charge on any atom is 0.251 e. The van der Waals surface area contributed by atoms with Crippen molar-refractivity contribution in [3.8, 4) is 0 Å². The Morgan fingerprint density at radius 3 is 2.94 bits per heavy atom. The van der Waals surface area contributed by atoms with E-state index in [-0.39, 0.29) is 17.3 Å². The van der Waals surface area contributed by atoms with Gasteiger partial charge in [-0.1, -0.05) is 6.07 Å². The molecule has 1 aliphatic carbocycles. The van der Waals surface area contributed by atoms with E-state index in [1.54, 1.807) is 6.92 Å². The molecule has 0 saturated carbocycles. The van der Waals surface area contributed by atoms with Gasteiger partial charge in [-0.15, -0.1) is 11.6 Å². The van der Waals surface area contributed by atoms with Gasteiger partial charge in [0.25, 0.3) is 5.56 Å². The Morgan fingerprint density at radius 2 is 2.24 bits per heavy atom. The van der Waals surface area contributed by atoms with Crippen molar-refractivity contribution in [2.75, 3.05) is 0 Å². The van der Waals surface area contributed by atoms with Crippen LogP contribution in [0.25, 0.3) is 10.9 Å². The molecule has 0 bridgehead atoms. The Morgan fingerprint density at radius 1 is 1.47 bits per heavy atom. The molecule has 0 spiro atoms. The lowest BCUT2D eigenvalue weighted by Gasteiger charge is -2.08. The van der Waals surface area contributed by atoms with Crippen LogP contribution in [0.3, 0.4) is 0 Å². The van der Waals surface area contributed by atoms with Crippen molar-refractivity contribution < 1.29 is 4.39 Å². The van der Waals surface area contributed by atoms with Gasteiger partial charge in [0.2, 0.25) is 0 Å². The number of pyridine rings is 1. The van der Waals surface area contributed by atoms with Gasteiger partial charge in [-0.05, 0) is 30.9 Å². The molecule has 0 aliphatic heterocycles. The van der Waals surface area contributed by atoms with Gasteiger partial charge in [0.05, 0.1) is 11.4 Å². The first-order valence-electron chi connectivity index (χ1n) is 5.55. The fourth-order valence-electron chi connectivity index (χ4n) is 2.64. The van der Waals surface area contributed by atoms with Crippen LogP contribution in [0.1, 0.15) is 22.3 Å². The summed E-state index contributed by atoms with van der Waals surface area (Å²) in [5, 5.41) is 0.883. The number of hydrogen-bond acceptors (Lipinski definition) is 1. The topological polar surface area (TPSA) is 32.9 Å². The molecule has 1 heterocycles. The summed E-state index contributed by atoms with van der Waals surface area (Å²) in [5.74, 6) is -0.265. The van der Waals surface area contributed by atoms with Crippen LogP contribution >= 0.6 is 11.6 Å². The van der Waals surface area contributed by atoms with Gasteiger partial charge < -0.3 is 4.98 Å². The van der Waals surface area contributed by atoms with Crippen molar-refractivity contribution >= 4 is 22.5 Å². The van der Waals surface area contributed by atoms with Crippen LogP contribution in [-0.4, -0.2) is 4.98 Å². The fraction of sp³-hybridized carbons (Fsp3) is 0.308. The van der Waals surface area contributed by atoms with Gasteiger partial charge in [0.1, 0.15) is 0 Å². The lowest BCUT2D eigenvalue weighted by atomic mass is 10.0. The van der Waals surface area contributed by atoms with Crippen LogP contribution in [-0.2, 0) is 18.7 Å². The molecule has 17 heavy (non-hydrogen) atoms. The average Bonchev–Trinajstić information content (AvgIpc) is 2.74. The molecule has 0 radical (unpaired) electrons. The predicted molar refractivity (Wildman–Crippen MR) is 66.2 cm³/mol. The van der Waals surface area contributed by atoms with Gasteiger partial charge in [-0.3, -0.25) is 4.79 Å². The summed E-state index contributed by atoms with van der Waals surface area (Å²) >= 11 is 5.72. The van der Waals surface area contributed by atoms with Crippen LogP contribution in [0, 0.1) is 12.7 Å². The molecule has 3 rings (SSSR count). The molecule has 1 aromatic heterocycles. The average molecular weight is 252 g/mol. The first-order valence-corrected chi connectivity index (χ1v) is 6.08. The normalized spacial score (nSPS) is 13.6. The van der Waals surface area contributed by atoms with Crippen LogP contribution in [0.4, 0.5) is 4.39 Å². The SMILES string of the molecule is Cc1c2c3c(cc(CCl)c(F)c3[nH]c1=O)CC2. The number of halogens is 2. The monoisotopic (exact) mass is 251 g/mol. The maximum absolute atomic E-state index is 14.1. The Bertz CT molecular complexity index is 690. The van der Waals surface area contributed by atoms with Crippen molar-refractivity contribution in [2.45, 2.75) is 25.6 Å². The fourth-order valence-corrected chi connectivity index (χ4v) is 2.83. The summed E-state index contributed by atoms with van der Waals surface area (Å²) < 4.78 is 14.1. The summed E-state index contributed by atoms with van der Waals surface area (Å²) in [6.45, 7) is 1.79. The minimum atomic E-state index is -0.390. The number of rotatable bonds is 1. The molecule has 2 aromatic rings. The van der Waals surface area contributed by atoms with Gasteiger partial charge in [0, 0.05) is 16.5 Å². The van der Waals surface area contributed by atoms with Crippen molar-refractivity contribution in [3.05, 3.63) is 44.5 Å². The van der Waals surface area contributed by atoms with E-state index in [1.807, 2.05) is 6.07 Å². The van der Waals surface area contributed by atoms with Crippen molar-refractivity contribution in [2.24, 2.45) is 0 Å². The molecular formula is C13H11ClFNO. The molecule has 4 heteroatoms. The first-order chi connectivity index (χ1) is 8.13. The number of H-pyrrole nitrogens is 1. The smallest absolute Gasteiger partial charge is 0.251 e. The Balaban J connectivity index is 2.55. The number of benzene rings is 1. The molecule has 0 saturated heterocycles. The highest BCUT2D eigenvalue weighted by Gasteiger charge is 2.22. The molecule has 0 fully saturated rings. The van der Waals surface area contributed by atoms with Gasteiger partial charge >= 0.3 is 0 Å². The van der Waals surface area contributed by atoms with Gasteiger partial charge in [-0.25, -0.2) is 4.39 Å². The predicted octanol–water partition coefficient (Wildman–Crippen LogP) is 2.81. The van der Waals surface area contributed by atoms with E-state index in [4.69, 9.17) is 11.6 Å². The first kappa shape index (κ1) is 10.8. The summed E-state index contributed by atoms with van der Waals surface area (Å²) in [6.07, 6.45) is 1.67. The third kappa shape index (κ3) is 1.35. The maximum atomic E-state index is 14.1. The van der Waals surface area contributed by atoms with E-state index >= 15 is 0 Å². The number of hydrogen-bond donors (Lipinski definition) is 1. The highest BCUT2D eigenvalue weighted by Crippen LogP contribution is 2.33. The van der Waals surface area contributed by atoms with Crippen LogP contribution in [0.5, 0.6) is 0 Å². The minimum absolute atomic E-state index is 0.125. The van der Waals surface area contributed by atoms with Crippen molar-refractivity contribution in [1.29, 1.82) is 0 Å². The van der Waals surface area contributed by atoms with Crippen molar-refractivity contribution in [1.82, 2.24) is 4.98 Å². The van der Waals surface area contributed by atoms with E-state index in [9.17, 15) is 9.18 Å². The summed E-state index contributed by atoms with van der Waals surface area (Å²) in [7, 11) is 0. The van der Waals surface area contributed by atoms with E-state index in [1.165, 1.54) is 0 Å². The number of nitrogens with one attached hydrogen (secondary N) is 1.